The lowest BCUT2D eigenvalue weighted by molar-refractivity contribution is 0.0533. The Kier molecular flexibility index (Phi) is 5.12. The number of hydrogen-bond acceptors (Lipinski definition) is 2. The van der Waals surface area contributed by atoms with Gasteiger partial charge in [-0.25, -0.2) is 4.39 Å². The zero-order valence-electron chi connectivity index (χ0n) is 14.2. The molecule has 1 heterocycles. The summed E-state index contributed by atoms with van der Waals surface area (Å²) in [6.07, 6.45) is 0.936. The lowest BCUT2D eigenvalue weighted by Crippen LogP contribution is -2.50. The van der Waals surface area contributed by atoms with Crippen LogP contribution in [0.5, 0.6) is 0 Å². The zero-order chi connectivity index (χ0) is 17.8. The van der Waals surface area contributed by atoms with Crippen LogP contribution in [-0.2, 0) is 6.42 Å². The first-order valence-corrected chi connectivity index (χ1v) is 8.52. The molecule has 0 bridgehead atoms. The highest BCUT2D eigenvalue weighted by atomic mass is 19.1. The van der Waals surface area contributed by atoms with E-state index in [1.165, 1.54) is 17.7 Å². The van der Waals surface area contributed by atoms with Gasteiger partial charge >= 0.3 is 0 Å². The third-order valence-corrected chi connectivity index (χ3v) is 4.57. The monoisotopic (exact) mass is 340 g/mol. The molecule has 1 aliphatic rings. The van der Waals surface area contributed by atoms with Crippen molar-refractivity contribution in [3.8, 4) is 0 Å². The van der Waals surface area contributed by atoms with Gasteiger partial charge < -0.3 is 9.80 Å². The number of benzene rings is 2. The summed E-state index contributed by atoms with van der Waals surface area (Å²) in [6, 6.07) is 13.6. The summed E-state index contributed by atoms with van der Waals surface area (Å²) in [6.45, 7) is 3.80. The molecule has 1 saturated heterocycles. The van der Waals surface area contributed by atoms with E-state index in [-0.39, 0.29) is 17.4 Å². The highest BCUT2D eigenvalue weighted by Gasteiger charge is 2.26. The average Bonchev–Trinajstić information content (AvgIpc) is 2.67. The van der Waals surface area contributed by atoms with Crippen LogP contribution in [0, 0.1) is 5.82 Å². The van der Waals surface area contributed by atoms with Crippen molar-refractivity contribution in [1.82, 2.24) is 9.80 Å². The predicted molar refractivity (Wildman–Crippen MR) is 94.0 cm³/mol. The van der Waals surface area contributed by atoms with Crippen LogP contribution in [0.1, 0.15) is 33.2 Å². The third kappa shape index (κ3) is 3.71. The van der Waals surface area contributed by atoms with Crippen molar-refractivity contribution in [2.75, 3.05) is 26.2 Å². The molecule has 0 radical (unpaired) electrons. The van der Waals surface area contributed by atoms with E-state index in [0.29, 0.717) is 31.7 Å². The molecule has 0 aromatic heterocycles. The Balaban J connectivity index is 1.62. The lowest BCUT2D eigenvalue weighted by Gasteiger charge is -2.35. The van der Waals surface area contributed by atoms with Crippen molar-refractivity contribution in [2.45, 2.75) is 13.3 Å². The third-order valence-electron chi connectivity index (χ3n) is 4.57. The molecule has 0 spiro atoms. The molecule has 0 atom stereocenters. The van der Waals surface area contributed by atoms with Gasteiger partial charge in [-0.3, -0.25) is 9.59 Å². The lowest BCUT2D eigenvalue weighted by atomic mass is 10.1. The van der Waals surface area contributed by atoms with E-state index in [9.17, 15) is 14.0 Å². The van der Waals surface area contributed by atoms with E-state index in [2.05, 4.69) is 6.92 Å². The maximum atomic E-state index is 13.8. The molecule has 0 unspecified atom stereocenters. The summed E-state index contributed by atoms with van der Waals surface area (Å²) in [5.74, 6) is -0.861. The van der Waals surface area contributed by atoms with Gasteiger partial charge in [0.05, 0.1) is 5.56 Å². The summed E-state index contributed by atoms with van der Waals surface area (Å²) in [4.78, 5) is 28.3. The van der Waals surface area contributed by atoms with Crippen LogP contribution in [0.4, 0.5) is 4.39 Å². The van der Waals surface area contributed by atoms with Gasteiger partial charge in [-0.05, 0) is 36.2 Å². The van der Waals surface area contributed by atoms with Crippen LogP contribution < -0.4 is 0 Å². The van der Waals surface area contributed by atoms with Crippen LogP contribution in [0.15, 0.2) is 48.5 Å². The summed E-state index contributed by atoms with van der Waals surface area (Å²) in [7, 11) is 0. The van der Waals surface area contributed by atoms with Crippen molar-refractivity contribution in [1.29, 1.82) is 0 Å². The standard InChI is InChI=1S/C20H21FN2O2/c1-2-15-7-9-16(10-8-15)19(24)22-11-13-23(14-12-22)20(25)17-5-3-4-6-18(17)21/h3-10H,2,11-14H2,1H3. The van der Waals surface area contributed by atoms with E-state index < -0.39 is 5.82 Å². The normalized spacial score (nSPS) is 14.5. The number of hydrogen-bond donors (Lipinski definition) is 0. The number of amides is 2. The fourth-order valence-electron chi connectivity index (χ4n) is 2.98. The van der Waals surface area contributed by atoms with Crippen LogP contribution >= 0.6 is 0 Å². The van der Waals surface area contributed by atoms with Gasteiger partial charge in [0.15, 0.2) is 0 Å². The van der Waals surface area contributed by atoms with Gasteiger partial charge in [0.1, 0.15) is 5.82 Å². The molecule has 0 N–H and O–H groups in total. The number of rotatable bonds is 3. The van der Waals surface area contributed by atoms with Crippen LogP contribution in [0.25, 0.3) is 0 Å². The molecule has 1 aliphatic heterocycles. The molecule has 130 valence electrons. The Morgan fingerprint density at radius 3 is 2.00 bits per heavy atom. The van der Waals surface area contributed by atoms with Gasteiger partial charge in [0, 0.05) is 31.7 Å². The molecule has 0 saturated carbocycles. The number of carbonyl (C=O) groups is 2. The van der Waals surface area contributed by atoms with E-state index in [0.717, 1.165) is 6.42 Å². The first-order valence-electron chi connectivity index (χ1n) is 8.52. The van der Waals surface area contributed by atoms with Gasteiger partial charge in [-0.1, -0.05) is 31.2 Å². The first-order chi connectivity index (χ1) is 12.1. The van der Waals surface area contributed by atoms with Crippen LogP contribution in [0.2, 0.25) is 0 Å². The Labute approximate surface area is 146 Å². The SMILES string of the molecule is CCc1ccc(C(=O)N2CCN(C(=O)c3ccccc3F)CC2)cc1. The number of nitrogens with zero attached hydrogens (tertiary/aromatic N) is 2. The largest absolute Gasteiger partial charge is 0.335 e. The predicted octanol–water partition coefficient (Wildman–Crippen LogP) is 2.99. The summed E-state index contributed by atoms with van der Waals surface area (Å²) >= 11 is 0. The van der Waals surface area contributed by atoms with Crippen molar-refractivity contribution in [3.63, 3.8) is 0 Å². The minimum atomic E-state index is -0.512. The smallest absolute Gasteiger partial charge is 0.256 e. The maximum absolute atomic E-state index is 13.8. The Morgan fingerprint density at radius 2 is 1.44 bits per heavy atom. The summed E-state index contributed by atoms with van der Waals surface area (Å²) in [5.41, 5.74) is 1.93. The Hall–Kier alpha value is -2.69. The molecule has 4 nitrogen and oxygen atoms in total. The summed E-state index contributed by atoms with van der Waals surface area (Å²) in [5, 5.41) is 0. The molecule has 1 fully saturated rings. The molecule has 5 heteroatoms. The highest BCUT2D eigenvalue weighted by Crippen LogP contribution is 2.14. The first kappa shape index (κ1) is 17.1. The van der Waals surface area contributed by atoms with Crippen molar-refractivity contribution < 1.29 is 14.0 Å². The van der Waals surface area contributed by atoms with Crippen LogP contribution in [0.3, 0.4) is 0 Å². The van der Waals surface area contributed by atoms with Gasteiger partial charge in [-0.15, -0.1) is 0 Å². The quantitative estimate of drug-likeness (QED) is 0.862. The minimum absolute atomic E-state index is 0.0272. The number of piperazine rings is 1. The number of carbonyl (C=O) groups excluding carboxylic acids is 2. The van der Waals surface area contributed by atoms with Gasteiger partial charge in [-0.2, -0.15) is 0 Å². The fraction of sp³-hybridized carbons (Fsp3) is 0.300. The molecule has 25 heavy (non-hydrogen) atoms. The Bertz CT molecular complexity index is 766. The van der Waals surface area contributed by atoms with E-state index >= 15 is 0 Å². The molecular formula is C20H21FN2O2. The molecular weight excluding hydrogens is 319 g/mol. The molecule has 2 aromatic carbocycles. The van der Waals surface area contributed by atoms with E-state index in [4.69, 9.17) is 0 Å². The minimum Gasteiger partial charge on any atom is -0.335 e. The molecule has 3 rings (SSSR count). The van der Waals surface area contributed by atoms with Crippen LogP contribution in [-0.4, -0.2) is 47.8 Å². The average molecular weight is 340 g/mol. The molecule has 0 aliphatic carbocycles. The Morgan fingerprint density at radius 1 is 0.880 bits per heavy atom. The van der Waals surface area contributed by atoms with Gasteiger partial charge in [0.25, 0.3) is 11.8 Å². The maximum Gasteiger partial charge on any atom is 0.256 e. The second kappa shape index (κ2) is 7.47. The fourth-order valence-corrected chi connectivity index (χ4v) is 2.98. The number of halogens is 1. The van der Waals surface area contributed by atoms with Gasteiger partial charge in [0.2, 0.25) is 0 Å². The zero-order valence-corrected chi connectivity index (χ0v) is 14.2. The number of aryl methyl sites for hydroxylation is 1. The van der Waals surface area contributed by atoms with E-state index in [1.807, 2.05) is 24.3 Å². The van der Waals surface area contributed by atoms with Crippen molar-refractivity contribution in [3.05, 3.63) is 71.0 Å². The van der Waals surface area contributed by atoms with E-state index in [1.54, 1.807) is 21.9 Å². The highest BCUT2D eigenvalue weighted by molar-refractivity contribution is 5.96. The van der Waals surface area contributed by atoms with Crippen molar-refractivity contribution in [2.24, 2.45) is 0 Å². The second-order valence-electron chi connectivity index (χ2n) is 6.11. The second-order valence-corrected chi connectivity index (χ2v) is 6.11. The summed E-state index contributed by atoms with van der Waals surface area (Å²) < 4.78 is 13.8. The topological polar surface area (TPSA) is 40.6 Å². The molecule has 2 aromatic rings. The molecule has 2 amide bonds. The van der Waals surface area contributed by atoms with Crippen molar-refractivity contribution >= 4 is 11.8 Å².